The van der Waals surface area contributed by atoms with E-state index in [0.717, 1.165) is 0 Å². The Bertz CT molecular complexity index is 645. The van der Waals surface area contributed by atoms with Gasteiger partial charge in [0.1, 0.15) is 5.60 Å². The number of amides is 1. The summed E-state index contributed by atoms with van der Waals surface area (Å²) in [5.74, 6) is -1.69. The van der Waals surface area contributed by atoms with Crippen molar-refractivity contribution >= 4 is 21.9 Å². The number of carbonyl (C=O) groups is 2. The Morgan fingerprint density at radius 2 is 1.71 bits per heavy atom. The van der Waals surface area contributed by atoms with Crippen LogP contribution >= 0.6 is 0 Å². The highest BCUT2D eigenvalue weighted by atomic mass is 32.2. The third-order valence-electron chi connectivity index (χ3n) is 5.61. The van der Waals surface area contributed by atoms with Crippen LogP contribution in [-0.2, 0) is 19.4 Å². The molecule has 136 valence electrons. The van der Waals surface area contributed by atoms with E-state index in [4.69, 9.17) is 4.74 Å². The van der Waals surface area contributed by atoms with Crippen molar-refractivity contribution in [1.29, 1.82) is 0 Å². The molecule has 0 radical (unpaired) electrons. The quantitative estimate of drug-likeness (QED) is 0.764. The Balaban J connectivity index is 1.85. The number of rotatable bonds is 1. The number of carbonyl (C=O) groups excluding carboxylic acids is 1. The molecule has 0 saturated carbocycles. The van der Waals surface area contributed by atoms with Gasteiger partial charge in [-0.25, -0.2) is 13.2 Å². The molecule has 3 unspecified atom stereocenters. The van der Waals surface area contributed by atoms with E-state index in [2.05, 4.69) is 0 Å². The minimum absolute atomic E-state index is 0.0870. The van der Waals surface area contributed by atoms with Crippen molar-refractivity contribution in [3.05, 3.63) is 0 Å². The summed E-state index contributed by atoms with van der Waals surface area (Å²) >= 11 is 0. The van der Waals surface area contributed by atoms with E-state index >= 15 is 0 Å². The fraction of sp³-hybridized carbons (Fsp3) is 0.875. The van der Waals surface area contributed by atoms with E-state index in [1.165, 1.54) is 4.90 Å². The molecular weight excluding hydrogens is 334 g/mol. The van der Waals surface area contributed by atoms with Gasteiger partial charge in [0, 0.05) is 18.5 Å². The Morgan fingerprint density at radius 3 is 2.17 bits per heavy atom. The molecule has 0 aromatic heterocycles. The zero-order valence-corrected chi connectivity index (χ0v) is 15.1. The van der Waals surface area contributed by atoms with Gasteiger partial charge in [0.25, 0.3) is 0 Å². The first kappa shape index (κ1) is 17.5. The first-order chi connectivity index (χ1) is 10.9. The van der Waals surface area contributed by atoms with E-state index in [0.29, 0.717) is 25.7 Å². The number of sulfone groups is 1. The van der Waals surface area contributed by atoms with Crippen molar-refractivity contribution in [2.24, 2.45) is 11.3 Å². The summed E-state index contributed by atoms with van der Waals surface area (Å²) in [5, 5.41) is 8.73. The molecule has 3 atom stereocenters. The number of carboxylic acid groups (broad SMARTS) is 1. The maximum Gasteiger partial charge on any atom is 0.410 e. The molecule has 24 heavy (non-hydrogen) atoms. The Labute approximate surface area is 142 Å². The highest BCUT2D eigenvalue weighted by molar-refractivity contribution is 7.93. The zero-order valence-electron chi connectivity index (χ0n) is 14.3. The van der Waals surface area contributed by atoms with Crippen LogP contribution in [0.4, 0.5) is 4.79 Å². The van der Waals surface area contributed by atoms with Crippen molar-refractivity contribution in [2.75, 3.05) is 13.1 Å². The Morgan fingerprint density at radius 1 is 1.17 bits per heavy atom. The minimum atomic E-state index is -3.14. The van der Waals surface area contributed by atoms with Crippen LogP contribution in [0.3, 0.4) is 0 Å². The second-order valence-electron chi connectivity index (χ2n) is 8.43. The normalized spacial score (nSPS) is 37.6. The van der Waals surface area contributed by atoms with Gasteiger partial charge in [0.15, 0.2) is 9.84 Å². The summed E-state index contributed by atoms with van der Waals surface area (Å²) in [6.45, 7) is 5.64. The van der Waals surface area contributed by atoms with Crippen molar-refractivity contribution in [3.8, 4) is 0 Å². The van der Waals surface area contributed by atoms with Gasteiger partial charge in [-0.3, -0.25) is 4.79 Å². The number of aliphatic carboxylic acids is 1. The number of ether oxygens (including phenoxy) is 1. The molecule has 3 saturated heterocycles. The Hall–Kier alpha value is -1.31. The SMILES string of the molecule is CC(C)(C)OC(=O)N1CC(C(=O)O)C2(CC3CCC(C2)S3(=O)=O)C1. The van der Waals surface area contributed by atoms with E-state index in [1.807, 2.05) is 0 Å². The van der Waals surface area contributed by atoms with Crippen LogP contribution in [0.5, 0.6) is 0 Å². The fourth-order valence-corrected chi connectivity index (χ4v) is 7.19. The van der Waals surface area contributed by atoms with Crippen molar-refractivity contribution < 1.29 is 27.9 Å². The summed E-state index contributed by atoms with van der Waals surface area (Å²) in [4.78, 5) is 25.6. The minimum Gasteiger partial charge on any atom is -0.481 e. The second kappa shape index (κ2) is 5.34. The van der Waals surface area contributed by atoms with Crippen LogP contribution in [-0.4, -0.2) is 59.7 Å². The zero-order chi connectivity index (χ0) is 17.9. The van der Waals surface area contributed by atoms with Gasteiger partial charge in [-0.1, -0.05) is 0 Å². The molecule has 3 fully saturated rings. The molecule has 3 aliphatic heterocycles. The third-order valence-corrected chi connectivity index (χ3v) is 8.27. The molecule has 1 spiro atoms. The molecular formula is C16H25NO6S. The van der Waals surface area contributed by atoms with Gasteiger partial charge >= 0.3 is 12.1 Å². The van der Waals surface area contributed by atoms with Crippen LogP contribution < -0.4 is 0 Å². The molecule has 0 aromatic rings. The smallest absolute Gasteiger partial charge is 0.410 e. The molecule has 0 aromatic carbocycles. The third kappa shape index (κ3) is 2.78. The molecule has 8 heteroatoms. The molecule has 3 aliphatic rings. The van der Waals surface area contributed by atoms with Gasteiger partial charge in [0.2, 0.25) is 0 Å². The van der Waals surface area contributed by atoms with E-state index in [9.17, 15) is 23.1 Å². The number of likely N-dealkylation sites (tertiary alicyclic amines) is 1. The van der Waals surface area contributed by atoms with Gasteiger partial charge in [0.05, 0.1) is 16.4 Å². The monoisotopic (exact) mass is 359 g/mol. The number of hydrogen-bond acceptors (Lipinski definition) is 5. The van der Waals surface area contributed by atoms with Crippen molar-refractivity contribution in [1.82, 2.24) is 4.90 Å². The molecule has 3 heterocycles. The lowest BCUT2D eigenvalue weighted by Crippen LogP contribution is -2.47. The summed E-state index contributed by atoms with van der Waals surface area (Å²) in [5.41, 5.74) is -1.31. The number of carboxylic acids is 1. The number of fused-ring (bicyclic) bond motifs is 2. The number of hydrogen-bond donors (Lipinski definition) is 1. The van der Waals surface area contributed by atoms with Gasteiger partial charge in [-0.15, -0.1) is 0 Å². The topological polar surface area (TPSA) is 101 Å². The van der Waals surface area contributed by atoms with Crippen LogP contribution in [0.15, 0.2) is 0 Å². The second-order valence-corrected chi connectivity index (χ2v) is 10.9. The summed E-state index contributed by atoms with van der Waals surface area (Å²) in [6, 6.07) is 0. The average molecular weight is 359 g/mol. The lowest BCUT2D eigenvalue weighted by molar-refractivity contribution is -0.145. The highest BCUT2D eigenvalue weighted by Crippen LogP contribution is 2.54. The van der Waals surface area contributed by atoms with E-state index < -0.39 is 49.3 Å². The molecule has 7 nitrogen and oxygen atoms in total. The van der Waals surface area contributed by atoms with Gasteiger partial charge in [-0.2, -0.15) is 0 Å². The van der Waals surface area contributed by atoms with Gasteiger partial charge < -0.3 is 14.7 Å². The molecule has 0 aliphatic carbocycles. The summed E-state index contributed by atoms with van der Waals surface area (Å²) in [7, 11) is -3.14. The lowest BCUT2D eigenvalue weighted by Gasteiger charge is -2.39. The average Bonchev–Trinajstić information content (AvgIpc) is 2.80. The van der Waals surface area contributed by atoms with Gasteiger partial charge in [-0.05, 0) is 46.5 Å². The largest absolute Gasteiger partial charge is 0.481 e. The summed E-state index contributed by atoms with van der Waals surface area (Å²) in [6.07, 6.45) is 1.36. The molecule has 1 amide bonds. The first-order valence-corrected chi connectivity index (χ1v) is 9.99. The standard InChI is InChI=1S/C16H25NO6S/c1-15(2,3)23-14(20)17-8-12(13(18)19)16(9-17)6-10-4-5-11(7-16)24(10,21)22/h10-12H,4-9H2,1-3H3,(H,18,19). The summed E-state index contributed by atoms with van der Waals surface area (Å²) < 4.78 is 30.1. The molecule has 1 N–H and O–H groups in total. The lowest BCUT2D eigenvalue weighted by atomic mass is 9.72. The van der Waals surface area contributed by atoms with Crippen LogP contribution in [0.2, 0.25) is 0 Å². The van der Waals surface area contributed by atoms with E-state index in [1.54, 1.807) is 20.8 Å². The maximum absolute atomic E-state index is 12.4. The van der Waals surface area contributed by atoms with Crippen LogP contribution in [0.1, 0.15) is 46.5 Å². The fourth-order valence-electron chi connectivity index (χ4n) is 4.59. The van der Waals surface area contributed by atoms with Crippen molar-refractivity contribution in [2.45, 2.75) is 62.6 Å². The first-order valence-electron chi connectivity index (χ1n) is 8.38. The van der Waals surface area contributed by atoms with Crippen LogP contribution in [0.25, 0.3) is 0 Å². The molecule has 2 bridgehead atoms. The molecule has 3 rings (SSSR count). The predicted octanol–water partition coefficient (Wildman–Crippen LogP) is 1.66. The maximum atomic E-state index is 12.4. The van der Waals surface area contributed by atoms with Crippen molar-refractivity contribution in [3.63, 3.8) is 0 Å². The van der Waals surface area contributed by atoms with Crippen LogP contribution in [0, 0.1) is 11.3 Å². The highest BCUT2D eigenvalue weighted by Gasteiger charge is 2.61. The predicted molar refractivity (Wildman–Crippen MR) is 86.3 cm³/mol. The number of nitrogens with zero attached hydrogens (tertiary/aromatic N) is 1. The van der Waals surface area contributed by atoms with E-state index in [-0.39, 0.29) is 13.1 Å². The Kier molecular flexibility index (Phi) is 3.90.